The highest BCUT2D eigenvalue weighted by Gasteiger charge is 2.32. The second kappa shape index (κ2) is 6.34. The van der Waals surface area contributed by atoms with E-state index < -0.39 is 0 Å². The number of benzene rings is 2. The highest BCUT2D eigenvalue weighted by molar-refractivity contribution is 8.01. The van der Waals surface area contributed by atoms with Gasteiger partial charge < -0.3 is 0 Å². The second-order valence-corrected chi connectivity index (χ2v) is 9.52. The lowest BCUT2D eigenvalue weighted by Gasteiger charge is -2.07. The zero-order valence-electron chi connectivity index (χ0n) is 15.5. The van der Waals surface area contributed by atoms with Crippen LogP contribution in [0.4, 0.5) is 0 Å². The van der Waals surface area contributed by atoms with E-state index in [0.717, 1.165) is 53.9 Å². The molecule has 0 spiro atoms. The van der Waals surface area contributed by atoms with E-state index in [9.17, 15) is 4.79 Å². The number of fused-ring (bicyclic) bond motifs is 5. The molecule has 4 nitrogen and oxygen atoms in total. The Hall–Kier alpha value is -2.83. The van der Waals surface area contributed by atoms with Crippen LogP contribution < -0.4 is 0 Å². The summed E-state index contributed by atoms with van der Waals surface area (Å²) in [5.74, 6) is 0.192. The Bertz CT molecular complexity index is 1460. The molecule has 1 aliphatic carbocycles. The molecule has 2 aromatic carbocycles. The van der Waals surface area contributed by atoms with Gasteiger partial charge in [0.2, 0.25) is 0 Å². The molecule has 1 aliphatic rings. The molecule has 0 N–H and O–H groups in total. The van der Waals surface area contributed by atoms with Gasteiger partial charge in [0.05, 0.1) is 21.0 Å². The van der Waals surface area contributed by atoms with E-state index in [0.29, 0.717) is 0 Å². The van der Waals surface area contributed by atoms with Crippen LogP contribution in [0.3, 0.4) is 0 Å². The molecule has 0 aliphatic heterocycles. The monoisotopic (exact) mass is 413 g/mol. The number of nitrogens with zero attached hydrogens (tertiary/aromatic N) is 3. The Kier molecular flexibility index (Phi) is 3.73. The first-order valence-corrected chi connectivity index (χ1v) is 11.1. The predicted octanol–water partition coefficient (Wildman–Crippen LogP) is 5.60. The number of hydrogen-bond donors (Lipinski definition) is 0. The Labute approximate surface area is 175 Å². The van der Waals surface area contributed by atoms with Gasteiger partial charge in [-0.3, -0.25) is 4.79 Å². The van der Waals surface area contributed by atoms with Crippen molar-refractivity contribution in [2.75, 3.05) is 0 Å². The third-order valence-electron chi connectivity index (χ3n) is 5.40. The molecule has 1 unspecified atom stereocenters. The van der Waals surface area contributed by atoms with E-state index in [4.69, 9.17) is 4.98 Å². The van der Waals surface area contributed by atoms with Gasteiger partial charge >= 0.3 is 0 Å². The van der Waals surface area contributed by atoms with Crippen LogP contribution in [0.15, 0.2) is 59.9 Å². The lowest BCUT2D eigenvalue weighted by molar-refractivity contribution is 0.1000. The molecule has 1 atom stereocenters. The summed E-state index contributed by atoms with van der Waals surface area (Å²) in [6.45, 7) is 2.08. The molecule has 0 fully saturated rings. The minimum absolute atomic E-state index is 0.134. The summed E-state index contributed by atoms with van der Waals surface area (Å²) in [4.78, 5) is 27.7. The van der Waals surface area contributed by atoms with Crippen molar-refractivity contribution >= 4 is 60.2 Å². The second-order valence-electron chi connectivity index (χ2n) is 7.33. The third kappa shape index (κ3) is 2.67. The number of carbonyl (C=O) groups excluding carboxylic acids is 1. The Morgan fingerprint density at radius 2 is 2.00 bits per heavy atom. The average molecular weight is 414 g/mol. The number of hydrogen-bond acceptors (Lipinski definition) is 6. The Morgan fingerprint density at radius 1 is 1.10 bits per heavy atom. The first-order valence-electron chi connectivity index (χ1n) is 9.41. The molecule has 0 radical (unpaired) electrons. The van der Waals surface area contributed by atoms with Crippen molar-refractivity contribution in [3.8, 4) is 0 Å². The first kappa shape index (κ1) is 17.1. The summed E-state index contributed by atoms with van der Waals surface area (Å²) >= 11 is 3.16. The van der Waals surface area contributed by atoms with Gasteiger partial charge in [-0.25, -0.2) is 15.0 Å². The molecule has 0 bridgehead atoms. The lowest BCUT2D eigenvalue weighted by atomic mass is 10.1. The standard InChI is InChI=1S/C23H15N3OS2/c1-12-6-7-14-9-16-19-21(29-22(16)26-17(14)8-12)23(25-11-24-19)28-18-10-13-4-2-3-5-15(13)20(18)27/h2-9,11,18H,10H2,1H3. The van der Waals surface area contributed by atoms with Gasteiger partial charge in [-0.2, -0.15) is 0 Å². The fraction of sp³-hybridized carbons (Fsp3) is 0.130. The van der Waals surface area contributed by atoms with Crippen LogP contribution in [0, 0.1) is 6.92 Å². The molecule has 3 heterocycles. The molecule has 140 valence electrons. The van der Waals surface area contributed by atoms with Gasteiger partial charge in [-0.1, -0.05) is 48.2 Å². The van der Waals surface area contributed by atoms with Gasteiger partial charge in [0.25, 0.3) is 0 Å². The fourth-order valence-electron chi connectivity index (χ4n) is 3.96. The van der Waals surface area contributed by atoms with Crippen LogP contribution in [-0.2, 0) is 6.42 Å². The Balaban J connectivity index is 1.47. The normalized spacial score (nSPS) is 16.2. The highest BCUT2D eigenvalue weighted by atomic mass is 32.2. The Morgan fingerprint density at radius 3 is 2.90 bits per heavy atom. The van der Waals surface area contributed by atoms with Crippen LogP contribution >= 0.6 is 23.1 Å². The summed E-state index contributed by atoms with van der Waals surface area (Å²) in [6, 6.07) is 16.4. The molecule has 0 amide bonds. The summed E-state index contributed by atoms with van der Waals surface area (Å²) in [7, 11) is 0. The van der Waals surface area contributed by atoms with Crippen LogP contribution in [0.5, 0.6) is 0 Å². The van der Waals surface area contributed by atoms with Gasteiger partial charge in [-0.05, 0) is 36.6 Å². The van der Waals surface area contributed by atoms with Crippen LogP contribution in [-0.4, -0.2) is 26.0 Å². The zero-order chi connectivity index (χ0) is 19.5. The minimum Gasteiger partial charge on any atom is -0.293 e. The summed E-state index contributed by atoms with van der Waals surface area (Å²) in [5.41, 5.74) is 5.07. The predicted molar refractivity (Wildman–Crippen MR) is 119 cm³/mol. The molecule has 6 heteroatoms. The van der Waals surface area contributed by atoms with Crippen LogP contribution in [0.25, 0.3) is 31.3 Å². The molecule has 0 saturated heterocycles. The summed E-state index contributed by atoms with van der Waals surface area (Å²) in [6.07, 6.45) is 2.35. The SMILES string of the molecule is Cc1ccc2cc3c(nc2c1)sc1c(SC2Cc4ccccc4C2=O)ncnc13. The highest BCUT2D eigenvalue weighted by Crippen LogP contribution is 2.41. The maximum Gasteiger partial charge on any atom is 0.176 e. The summed E-state index contributed by atoms with van der Waals surface area (Å²) < 4.78 is 1.01. The number of thioether (sulfide) groups is 1. The summed E-state index contributed by atoms with van der Waals surface area (Å²) in [5, 5.41) is 2.89. The number of aromatic nitrogens is 3. The average Bonchev–Trinajstić information content (AvgIpc) is 3.25. The number of pyridine rings is 1. The third-order valence-corrected chi connectivity index (χ3v) is 7.82. The van der Waals surface area contributed by atoms with E-state index in [1.807, 2.05) is 24.3 Å². The van der Waals surface area contributed by atoms with E-state index >= 15 is 0 Å². The maximum atomic E-state index is 12.8. The molecule has 29 heavy (non-hydrogen) atoms. The van der Waals surface area contributed by atoms with Crippen LogP contribution in [0.2, 0.25) is 0 Å². The van der Waals surface area contributed by atoms with Crippen molar-refractivity contribution < 1.29 is 4.79 Å². The minimum atomic E-state index is -0.134. The van der Waals surface area contributed by atoms with E-state index in [-0.39, 0.29) is 11.0 Å². The van der Waals surface area contributed by atoms with E-state index in [2.05, 4.69) is 41.2 Å². The molecular formula is C23H15N3OS2. The number of ketones is 1. The quantitative estimate of drug-likeness (QED) is 0.353. The molecule has 5 aromatic rings. The number of Topliss-reactive ketones (excluding diaryl/α,β-unsaturated/α-hetero) is 1. The largest absolute Gasteiger partial charge is 0.293 e. The van der Waals surface area contributed by atoms with Crippen molar-refractivity contribution in [1.29, 1.82) is 0 Å². The number of carbonyl (C=O) groups is 1. The van der Waals surface area contributed by atoms with Gasteiger partial charge in [0.15, 0.2) is 5.78 Å². The van der Waals surface area contributed by atoms with Gasteiger partial charge in [0, 0.05) is 16.3 Å². The molecule has 3 aromatic heterocycles. The maximum absolute atomic E-state index is 12.8. The van der Waals surface area contributed by atoms with E-state index in [1.165, 1.54) is 5.56 Å². The van der Waals surface area contributed by atoms with Crippen molar-refractivity contribution in [2.45, 2.75) is 23.6 Å². The molecular weight excluding hydrogens is 398 g/mol. The van der Waals surface area contributed by atoms with Crippen molar-refractivity contribution in [3.63, 3.8) is 0 Å². The smallest absolute Gasteiger partial charge is 0.176 e. The van der Waals surface area contributed by atoms with Gasteiger partial charge in [-0.15, -0.1) is 11.3 Å². The van der Waals surface area contributed by atoms with Crippen molar-refractivity contribution in [3.05, 3.63) is 71.5 Å². The first-order chi connectivity index (χ1) is 14.2. The zero-order valence-corrected chi connectivity index (χ0v) is 17.2. The van der Waals surface area contributed by atoms with Crippen LogP contribution in [0.1, 0.15) is 21.5 Å². The fourth-order valence-corrected chi connectivity index (χ4v) is 6.31. The van der Waals surface area contributed by atoms with Crippen molar-refractivity contribution in [2.24, 2.45) is 0 Å². The van der Waals surface area contributed by atoms with Crippen molar-refractivity contribution in [1.82, 2.24) is 15.0 Å². The molecule has 0 saturated carbocycles. The topological polar surface area (TPSA) is 55.7 Å². The van der Waals surface area contributed by atoms with E-state index in [1.54, 1.807) is 29.4 Å². The van der Waals surface area contributed by atoms with Gasteiger partial charge in [0.1, 0.15) is 16.2 Å². The molecule has 6 rings (SSSR count). The number of rotatable bonds is 2. The number of aryl methyl sites for hydroxylation is 1. The lowest BCUT2D eigenvalue weighted by Crippen LogP contribution is -2.11. The number of thiophene rings is 1.